The molecule has 0 bridgehead atoms. The Bertz CT molecular complexity index is 1530. The highest BCUT2D eigenvalue weighted by Crippen LogP contribution is 2.32. The topological polar surface area (TPSA) is 69.7 Å². The van der Waals surface area contributed by atoms with E-state index in [1.807, 2.05) is 79.7 Å². The molecule has 4 aromatic carbocycles. The average Bonchev–Trinajstić information content (AvgIpc) is 3.20. The van der Waals surface area contributed by atoms with Crippen LogP contribution in [0.1, 0.15) is 34.0 Å². The molecule has 0 unspecified atom stereocenters. The molecule has 0 aliphatic carbocycles. The van der Waals surface area contributed by atoms with Crippen LogP contribution in [0.25, 0.3) is 0 Å². The molecule has 1 aliphatic rings. The zero-order chi connectivity index (χ0) is 28.1. The molecule has 0 aromatic heterocycles. The van der Waals surface area contributed by atoms with Crippen molar-refractivity contribution in [1.29, 1.82) is 0 Å². The number of hydrogen-bond acceptors (Lipinski definition) is 4. The van der Waals surface area contributed by atoms with Crippen LogP contribution in [0.15, 0.2) is 120 Å². The van der Waals surface area contributed by atoms with Crippen molar-refractivity contribution in [3.63, 3.8) is 0 Å². The summed E-state index contributed by atoms with van der Waals surface area (Å²) in [4.78, 5) is 42.7. The number of anilines is 2. The third kappa shape index (κ3) is 5.67. The summed E-state index contributed by atoms with van der Waals surface area (Å²) in [5.41, 5.74) is 4.50. The molecule has 0 saturated carbocycles. The van der Waals surface area contributed by atoms with E-state index >= 15 is 0 Å². The van der Waals surface area contributed by atoms with Crippen LogP contribution >= 0.6 is 11.6 Å². The van der Waals surface area contributed by atoms with Crippen molar-refractivity contribution >= 4 is 40.7 Å². The summed E-state index contributed by atoms with van der Waals surface area (Å²) >= 11 is 6.34. The molecule has 6 nitrogen and oxygen atoms in total. The first kappa shape index (κ1) is 26.9. The van der Waals surface area contributed by atoms with Crippen molar-refractivity contribution in [2.75, 3.05) is 10.2 Å². The maximum Gasteiger partial charge on any atom is 0.283 e. The third-order valence-corrected chi connectivity index (χ3v) is 7.11. The Kier molecular flexibility index (Phi) is 8.08. The summed E-state index contributed by atoms with van der Waals surface area (Å²) in [7, 11) is 0. The first-order valence-electron chi connectivity index (χ1n) is 13.1. The zero-order valence-corrected chi connectivity index (χ0v) is 22.8. The number of benzene rings is 4. The molecule has 1 heterocycles. The summed E-state index contributed by atoms with van der Waals surface area (Å²) in [6.07, 6.45) is 0.661. The number of aryl methyl sites for hydroxylation is 1. The van der Waals surface area contributed by atoms with E-state index in [9.17, 15) is 14.4 Å². The number of imide groups is 1. The van der Waals surface area contributed by atoms with Crippen molar-refractivity contribution in [2.24, 2.45) is 0 Å². The number of amides is 3. The number of rotatable bonds is 9. The second kappa shape index (κ2) is 12.0. The highest BCUT2D eigenvalue weighted by Gasteiger charge is 2.39. The summed E-state index contributed by atoms with van der Waals surface area (Å²) < 4.78 is 0. The molecule has 1 aliphatic heterocycles. The van der Waals surface area contributed by atoms with Gasteiger partial charge in [-0.05, 0) is 53.4 Å². The van der Waals surface area contributed by atoms with Gasteiger partial charge in [-0.1, -0.05) is 97.4 Å². The maximum absolute atomic E-state index is 13.6. The van der Waals surface area contributed by atoms with Crippen LogP contribution < -0.4 is 10.2 Å². The SMILES string of the molecule is CCc1ccccc1N1C(=O)C(Cl)=C(Nc2ccc(C(=O)N(Cc3ccccc3)Cc3ccccc3)cc2)C1=O. The number of nitrogens with zero attached hydrogens (tertiary/aromatic N) is 2. The Morgan fingerprint density at radius 3 is 1.88 bits per heavy atom. The predicted molar refractivity (Wildman–Crippen MR) is 158 cm³/mol. The van der Waals surface area contributed by atoms with Crippen LogP contribution in [-0.4, -0.2) is 22.6 Å². The van der Waals surface area contributed by atoms with E-state index in [-0.39, 0.29) is 16.6 Å². The minimum absolute atomic E-state index is 0.00595. The van der Waals surface area contributed by atoms with E-state index in [4.69, 9.17) is 11.6 Å². The number of nitrogens with one attached hydrogen (secondary N) is 1. The summed E-state index contributed by atoms with van der Waals surface area (Å²) in [5.74, 6) is -1.21. The molecular weight excluding hydrogens is 522 g/mol. The van der Waals surface area contributed by atoms with Crippen molar-refractivity contribution in [1.82, 2.24) is 4.90 Å². The summed E-state index contributed by atoms with van der Waals surface area (Å²) in [6.45, 7) is 2.88. The predicted octanol–water partition coefficient (Wildman–Crippen LogP) is 6.53. The summed E-state index contributed by atoms with van der Waals surface area (Å²) in [6, 6.07) is 33.8. The Morgan fingerprint density at radius 2 is 1.30 bits per heavy atom. The number of para-hydroxylation sites is 1. The van der Waals surface area contributed by atoms with Gasteiger partial charge < -0.3 is 10.2 Å². The van der Waals surface area contributed by atoms with E-state index in [1.54, 1.807) is 41.3 Å². The highest BCUT2D eigenvalue weighted by molar-refractivity contribution is 6.53. The van der Waals surface area contributed by atoms with Crippen molar-refractivity contribution < 1.29 is 14.4 Å². The molecule has 3 amide bonds. The normalized spacial score (nSPS) is 13.1. The lowest BCUT2D eigenvalue weighted by molar-refractivity contribution is -0.120. The van der Waals surface area contributed by atoms with Gasteiger partial charge in [0.25, 0.3) is 17.7 Å². The quantitative estimate of drug-likeness (QED) is 0.241. The van der Waals surface area contributed by atoms with Gasteiger partial charge in [-0.15, -0.1) is 0 Å². The largest absolute Gasteiger partial charge is 0.350 e. The highest BCUT2D eigenvalue weighted by atomic mass is 35.5. The minimum Gasteiger partial charge on any atom is -0.350 e. The average molecular weight is 550 g/mol. The van der Waals surface area contributed by atoms with Gasteiger partial charge in [0, 0.05) is 24.3 Å². The molecule has 40 heavy (non-hydrogen) atoms. The van der Waals surface area contributed by atoms with E-state index in [0.717, 1.165) is 21.6 Å². The first-order chi connectivity index (χ1) is 19.5. The van der Waals surface area contributed by atoms with Crippen LogP contribution in [0.5, 0.6) is 0 Å². The standard InChI is InChI=1S/C33H28ClN3O3/c1-2-25-15-9-10-16-28(25)37-32(39)29(34)30(33(37)40)35-27-19-17-26(18-20-27)31(38)36(21-23-11-5-3-6-12-23)22-24-13-7-4-8-14-24/h3-20,35H,2,21-22H2,1H3. The van der Waals surface area contributed by atoms with E-state index in [1.165, 1.54) is 0 Å². The van der Waals surface area contributed by atoms with Crippen molar-refractivity contribution in [3.05, 3.63) is 142 Å². The number of halogens is 1. The first-order valence-corrected chi connectivity index (χ1v) is 13.4. The van der Waals surface area contributed by atoms with E-state index in [2.05, 4.69) is 5.32 Å². The minimum atomic E-state index is -0.570. The molecule has 0 spiro atoms. The Morgan fingerprint density at radius 1 is 0.750 bits per heavy atom. The fourth-order valence-electron chi connectivity index (χ4n) is 4.69. The van der Waals surface area contributed by atoms with Crippen molar-refractivity contribution in [2.45, 2.75) is 26.4 Å². The lowest BCUT2D eigenvalue weighted by atomic mass is 10.1. The van der Waals surface area contributed by atoms with Gasteiger partial charge in [0.2, 0.25) is 0 Å². The van der Waals surface area contributed by atoms with Gasteiger partial charge in [0.05, 0.1) is 5.69 Å². The monoisotopic (exact) mass is 549 g/mol. The Hall–Kier alpha value is -4.68. The molecule has 0 saturated heterocycles. The van der Waals surface area contributed by atoms with Gasteiger partial charge in [-0.2, -0.15) is 0 Å². The molecule has 4 aromatic rings. The molecule has 7 heteroatoms. The van der Waals surface area contributed by atoms with E-state index < -0.39 is 11.8 Å². The molecule has 0 radical (unpaired) electrons. The van der Waals surface area contributed by atoms with Gasteiger partial charge >= 0.3 is 0 Å². The second-order valence-electron chi connectivity index (χ2n) is 9.45. The maximum atomic E-state index is 13.6. The molecule has 1 N–H and O–H groups in total. The fourth-order valence-corrected chi connectivity index (χ4v) is 4.90. The van der Waals surface area contributed by atoms with E-state index in [0.29, 0.717) is 36.4 Å². The smallest absolute Gasteiger partial charge is 0.283 e. The van der Waals surface area contributed by atoms with Gasteiger partial charge in [-0.3, -0.25) is 14.4 Å². The molecule has 5 rings (SSSR count). The lowest BCUT2D eigenvalue weighted by Crippen LogP contribution is -2.33. The van der Waals surface area contributed by atoms with Gasteiger partial charge in [0.1, 0.15) is 10.7 Å². The van der Waals surface area contributed by atoms with Crippen LogP contribution in [0.2, 0.25) is 0 Å². The zero-order valence-electron chi connectivity index (χ0n) is 22.0. The molecule has 0 atom stereocenters. The number of hydrogen-bond donors (Lipinski definition) is 1. The molecular formula is C33H28ClN3O3. The second-order valence-corrected chi connectivity index (χ2v) is 9.83. The third-order valence-electron chi connectivity index (χ3n) is 6.76. The van der Waals surface area contributed by atoms with Crippen LogP contribution in [-0.2, 0) is 29.1 Å². The fraction of sp³-hybridized carbons (Fsp3) is 0.121. The summed E-state index contributed by atoms with van der Waals surface area (Å²) in [5, 5.41) is 2.82. The van der Waals surface area contributed by atoms with Gasteiger partial charge in [-0.25, -0.2) is 4.90 Å². The Balaban J connectivity index is 1.34. The van der Waals surface area contributed by atoms with Crippen molar-refractivity contribution in [3.8, 4) is 0 Å². The number of carbonyl (C=O) groups excluding carboxylic acids is 3. The lowest BCUT2D eigenvalue weighted by Gasteiger charge is -2.23. The Labute approximate surface area is 238 Å². The molecule has 0 fully saturated rings. The molecule has 200 valence electrons. The van der Waals surface area contributed by atoms with Gasteiger partial charge in [0.15, 0.2) is 0 Å². The van der Waals surface area contributed by atoms with Crippen LogP contribution in [0.3, 0.4) is 0 Å². The van der Waals surface area contributed by atoms with Crippen LogP contribution in [0.4, 0.5) is 11.4 Å². The van der Waals surface area contributed by atoms with Crippen LogP contribution in [0, 0.1) is 0 Å². The number of carbonyl (C=O) groups is 3.